The van der Waals surface area contributed by atoms with Gasteiger partial charge in [0.2, 0.25) is 0 Å². The summed E-state index contributed by atoms with van der Waals surface area (Å²) in [4.78, 5) is 0. The van der Waals surface area contributed by atoms with E-state index in [1.807, 2.05) is 0 Å². The average molecular weight is 229 g/mol. The molecule has 14 heavy (non-hydrogen) atoms. The first-order valence-electron chi connectivity index (χ1n) is 4.99. The van der Waals surface area contributed by atoms with Gasteiger partial charge in [-0.25, -0.2) is 0 Å². The molecule has 0 unspecified atom stereocenters. The summed E-state index contributed by atoms with van der Waals surface area (Å²) >= 11 is 12.2. The fourth-order valence-electron chi connectivity index (χ4n) is 2.87. The summed E-state index contributed by atoms with van der Waals surface area (Å²) in [7, 11) is 0. The Balaban J connectivity index is 2.27. The van der Waals surface area contributed by atoms with Gasteiger partial charge in [0.15, 0.2) is 10.3 Å². The zero-order valence-corrected chi connectivity index (χ0v) is 9.15. The Bertz CT molecular complexity index is 347. The van der Waals surface area contributed by atoms with Crippen molar-refractivity contribution in [3.63, 3.8) is 0 Å². The normalized spacial score (nSPS) is 29.0. The number of rotatable bonds is 0. The summed E-state index contributed by atoms with van der Waals surface area (Å²) in [5.74, 6) is 1.16. The van der Waals surface area contributed by atoms with E-state index in [9.17, 15) is 0 Å². The molecule has 74 valence electrons. The van der Waals surface area contributed by atoms with Crippen molar-refractivity contribution in [1.82, 2.24) is 10.2 Å². The molecule has 4 heteroatoms. The zero-order chi connectivity index (χ0) is 9.71. The second kappa shape index (κ2) is 3.07. The van der Waals surface area contributed by atoms with Crippen LogP contribution in [0.3, 0.4) is 0 Å². The van der Waals surface area contributed by atoms with Crippen LogP contribution in [-0.2, 0) is 0 Å². The molecule has 1 fully saturated rings. The number of hydrogen-bond acceptors (Lipinski definition) is 2. The van der Waals surface area contributed by atoms with Crippen LogP contribution < -0.4 is 0 Å². The topological polar surface area (TPSA) is 25.8 Å². The molecular weight excluding hydrogens is 219 g/mol. The van der Waals surface area contributed by atoms with Crippen molar-refractivity contribution in [3.8, 4) is 0 Å². The predicted octanol–water partition coefficient (Wildman–Crippen LogP) is 3.54. The molecule has 1 aromatic heterocycles. The Morgan fingerprint density at radius 1 is 0.786 bits per heavy atom. The van der Waals surface area contributed by atoms with Gasteiger partial charge >= 0.3 is 0 Å². The van der Waals surface area contributed by atoms with Gasteiger partial charge in [-0.1, -0.05) is 23.2 Å². The van der Waals surface area contributed by atoms with Crippen molar-refractivity contribution < 1.29 is 0 Å². The second-order valence-corrected chi connectivity index (χ2v) is 4.87. The smallest absolute Gasteiger partial charge is 0.137 e. The maximum Gasteiger partial charge on any atom is 0.155 e. The van der Waals surface area contributed by atoms with E-state index in [4.69, 9.17) is 23.2 Å². The third-order valence-electron chi connectivity index (χ3n) is 3.50. The lowest BCUT2D eigenvalue weighted by Crippen LogP contribution is -2.23. The lowest BCUT2D eigenvalue weighted by molar-refractivity contribution is 0.356. The molecule has 1 heterocycles. The van der Waals surface area contributed by atoms with Gasteiger partial charge in [-0.3, -0.25) is 0 Å². The quantitative estimate of drug-likeness (QED) is 0.679. The van der Waals surface area contributed by atoms with Gasteiger partial charge in [0, 0.05) is 11.1 Å². The van der Waals surface area contributed by atoms with Gasteiger partial charge in [0.1, 0.15) is 0 Å². The van der Waals surface area contributed by atoms with E-state index in [0.717, 1.165) is 0 Å². The molecule has 0 saturated heterocycles. The van der Waals surface area contributed by atoms with Crippen LogP contribution in [0.25, 0.3) is 0 Å². The first kappa shape index (κ1) is 8.93. The van der Waals surface area contributed by atoms with Gasteiger partial charge in [-0.15, -0.1) is 10.2 Å². The predicted molar refractivity (Wildman–Crippen MR) is 56.0 cm³/mol. The SMILES string of the molecule is Clc1nnc(Cl)c2c1C1CCC2CC1. The molecule has 3 aliphatic rings. The molecule has 2 bridgehead atoms. The Hall–Kier alpha value is -0.340. The molecule has 0 aliphatic heterocycles. The molecule has 0 spiro atoms. The Labute approximate surface area is 92.6 Å². The van der Waals surface area contributed by atoms with Crippen molar-refractivity contribution in [2.45, 2.75) is 37.5 Å². The lowest BCUT2D eigenvalue weighted by Gasteiger charge is -2.38. The highest BCUT2D eigenvalue weighted by atomic mass is 35.5. The van der Waals surface area contributed by atoms with E-state index in [-0.39, 0.29) is 0 Å². The second-order valence-electron chi connectivity index (χ2n) is 4.16. The Morgan fingerprint density at radius 3 is 1.50 bits per heavy atom. The summed E-state index contributed by atoms with van der Waals surface area (Å²) in [5.41, 5.74) is 2.38. The molecule has 0 radical (unpaired) electrons. The first-order chi connectivity index (χ1) is 6.77. The fourth-order valence-corrected chi connectivity index (χ4v) is 3.45. The molecule has 0 aromatic carbocycles. The van der Waals surface area contributed by atoms with Crippen LogP contribution in [0.2, 0.25) is 10.3 Å². The molecule has 1 aromatic rings. The minimum Gasteiger partial charge on any atom is -0.137 e. The van der Waals surface area contributed by atoms with E-state index < -0.39 is 0 Å². The standard InChI is InChI=1S/C10H10Cl2N2/c11-9-7-5-1-2-6(4-3-5)8(7)10(12)14-13-9/h5-6H,1-4H2. The van der Waals surface area contributed by atoms with Gasteiger partial charge in [0.05, 0.1) is 0 Å². The summed E-state index contributed by atoms with van der Waals surface area (Å²) in [5, 5.41) is 8.93. The summed E-state index contributed by atoms with van der Waals surface area (Å²) in [6.07, 6.45) is 4.94. The molecule has 2 nitrogen and oxygen atoms in total. The molecule has 4 rings (SSSR count). The van der Waals surface area contributed by atoms with Gasteiger partial charge in [0.25, 0.3) is 0 Å². The minimum atomic E-state index is 0.568. The largest absolute Gasteiger partial charge is 0.155 e. The van der Waals surface area contributed by atoms with Crippen molar-refractivity contribution >= 4 is 23.2 Å². The fraction of sp³-hybridized carbons (Fsp3) is 0.600. The van der Waals surface area contributed by atoms with Crippen LogP contribution in [0.5, 0.6) is 0 Å². The molecule has 1 saturated carbocycles. The van der Waals surface area contributed by atoms with Crippen molar-refractivity contribution in [3.05, 3.63) is 21.4 Å². The van der Waals surface area contributed by atoms with Crippen LogP contribution in [-0.4, -0.2) is 10.2 Å². The van der Waals surface area contributed by atoms with E-state index in [2.05, 4.69) is 10.2 Å². The summed E-state index contributed by atoms with van der Waals surface area (Å²) < 4.78 is 0. The van der Waals surface area contributed by atoms with E-state index >= 15 is 0 Å². The number of nitrogens with zero attached hydrogens (tertiary/aromatic N) is 2. The Kier molecular flexibility index (Phi) is 1.96. The van der Waals surface area contributed by atoms with E-state index in [1.165, 1.54) is 36.8 Å². The monoisotopic (exact) mass is 228 g/mol. The number of aromatic nitrogens is 2. The van der Waals surface area contributed by atoms with E-state index in [0.29, 0.717) is 22.1 Å². The highest BCUT2D eigenvalue weighted by Gasteiger charge is 2.37. The Morgan fingerprint density at radius 2 is 1.14 bits per heavy atom. The van der Waals surface area contributed by atoms with Gasteiger partial charge < -0.3 is 0 Å². The van der Waals surface area contributed by atoms with Crippen molar-refractivity contribution in [2.75, 3.05) is 0 Å². The lowest BCUT2D eigenvalue weighted by atomic mass is 9.68. The van der Waals surface area contributed by atoms with Crippen molar-refractivity contribution in [1.29, 1.82) is 0 Å². The first-order valence-corrected chi connectivity index (χ1v) is 5.74. The molecule has 0 amide bonds. The van der Waals surface area contributed by atoms with Crippen LogP contribution in [0.1, 0.15) is 48.6 Å². The average Bonchev–Trinajstić information content (AvgIpc) is 2.25. The summed E-state index contributed by atoms with van der Waals surface area (Å²) in [6, 6.07) is 0. The minimum absolute atomic E-state index is 0.568. The third kappa shape index (κ3) is 1.10. The van der Waals surface area contributed by atoms with Crippen LogP contribution in [0.4, 0.5) is 0 Å². The van der Waals surface area contributed by atoms with Gasteiger partial charge in [-0.05, 0) is 37.5 Å². The molecule has 3 aliphatic carbocycles. The number of hydrogen-bond donors (Lipinski definition) is 0. The maximum atomic E-state index is 6.08. The third-order valence-corrected chi connectivity index (χ3v) is 4.06. The maximum absolute atomic E-state index is 6.08. The number of fused-ring (bicyclic) bond motifs is 2. The van der Waals surface area contributed by atoms with Gasteiger partial charge in [-0.2, -0.15) is 0 Å². The highest BCUT2D eigenvalue weighted by molar-refractivity contribution is 6.32. The zero-order valence-electron chi connectivity index (χ0n) is 7.63. The van der Waals surface area contributed by atoms with Crippen LogP contribution in [0.15, 0.2) is 0 Å². The molecule has 0 N–H and O–H groups in total. The molecule has 0 atom stereocenters. The molecular formula is C10H10Cl2N2. The van der Waals surface area contributed by atoms with Crippen LogP contribution >= 0.6 is 23.2 Å². The summed E-state index contributed by atoms with van der Waals surface area (Å²) in [6.45, 7) is 0. The van der Waals surface area contributed by atoms with Crippen molar-refractivity contribution in [2.24, 2.45) is 0 Å². The van der Waals surface area contributed by atoms with E-state index in [1.54, 1.807) is 0 Å². The number of halogens is 2. The van der Waals surface area contributed by atoms with Crippen LogP contribution in [0, 0.1) is 0 Å². The highest BCUT2D eigenvalue weighted by Crippen LogP contribution is 2.52.